The molecule has 1 aromatic heterocycles. The van der Waals surface area contributed by atoms with Crippen molar-refractivity contribution in [3.8, 4) is 11.1 Å². The van der Waals surface area contributed by atoms with E-state index in [1.165, 1.54) is 5.56 Å². The summed E-state index contributed by atoms with van der Waals surface area (Å²) >= 11 is 0. The number of amides is 1. The number of hydrogen-bond donors (Lipinski definition) is 1. The Balaban J connectivity index is 1.35. The van der Waals surface area contributed by atoms with Gasteiger partial charge in [-0.2, -0.15) is 5.10 Å². The highest BCUT2D eigenvalue weighted by atomic mass is 16.5. The van der Waals surface area contributed by atoms with Crippen molar-refractivity contribution in [3.05, 3.63) is 78.1 Å². The molecule has 3 aromatic rings. The van der Waals surface area contributed by atoms with Crippen LogP contribution in [0.15, 0.2) is 67.0 Å². The van der Waals surface area contributed by atoms with Gasteiger partial charge < -0.3 is 9.64 Å². The van der Waals surface area contributed by atoms with Crippen molar-refractivity contribution < 1.29 is 9.53 Å². The number of aromatic amines is 1. The number of aryl methyl sites for hydroxylation is 1. The van der Waals surface area contributed by atoms with Crippen LogP contribution in [0.2, 0.25) is 0 Å². The number of nitrogens with zero attached hydrogens (tertiary/aromatic N) is 2. The molecule has 144 valence electrons. The maximum atomic E-state index is 13.0. The number of benzene rings is 2. The molecule has 28 heavy (non-hydrogen) atoms. The van der Waals surface area contributed by atoms with Crippen molar-refractivity contribution in [1.82, 2.24) is 15.1 Å². The summed E-state index contributed by atoms with van der Waals surface area (Å²) in [5.74, 6) is 0.0710. The molecule has 1 atom stereocenters. The van der Waals surface area contributed by atoms with Crippen molar-refractivity contribution in [3.63, 3.8) is 0 Å². The quantitative estimate of drug-likeness (QED) is 0.710. The van der Waals surface area contributed by atoms with Crippen LogP contribution < -0.4 is 0 Å². The number of carbonyl (C=O) groups excluding carboxylic acids is 1. The van der Waals surface area contributed by atoms with E-state index in [9.17, 15) is 4.79 Å². The maximum absolute atomic E-state index is 13.0. The Hall–Kier alpha value is -2.92. The van der Waals surface area contributed by atoms with Crippen molar-refractivity contribution in [2.75, 3.05) is 19.7 Å². The number of hydrogen-bond acceptors (Lipinski definition) is 3. The largest absolute Gasteiger partial charge is 0.375 e. The number of ether oxygens (including phenoxy) is 1. The van der Waals surface area contributed by atoms with E-state index in [2.05, 4.69) is 34.5 Å². The highest BCUT2D eigenvalue weighted by molar-refractivity contribution is 5.95. The van der Waals surface area contributed by atoms with Gasteiger partial charge in [0.25, 0.3) is 5.91 Å². The third kappa shape index (κ3) is 4.49. The van der Waals surface area contributed by atoms with E-state index in [0.717, 1.165) is 30.4 Å². The summed E-state index contributed by atoms with van der Waals surface area (Å²) in [5.41, 5.74) is 4.04. The van der Waals surface area contributed by atoms with Crippen molar-refractivity contribution >= 4 is 5.91 Å². The number of aromatic nitrogens is 2. The number of carbonyl (C=O) groups is 1. The molecule has 4 rings (SSSR count). The van der Waals surface area contributed by atoms with Crippen LogP contribution in [0.3, 0.4) is 0 Å². The molecular weight excluding hydrogens is 350 g/mol. The predicted molar refractivity (Wildman–Crippen MR) is 109 cm³/mol. The van der Waals surface area contributed by atoms with Gasteiger partial charge in [-0.1, -0.05) is 42.5 Å². The summed E-state index contributed by atoms with van der Waals surface area (Å²) in [6, 6.07) is 18.2. The lowest BCUT2D eigenvalue weighted by atomic mass is 10.0. The van der Waals surface area contributed by atoms with Gasteiger partial charge in [0.1, 0.15) is 0 Å². The van der Waals surface area contributed by atoms with E-state index < -0.39 is 0 Å². The molecule has 1 aliphatic heterocycles. The lowest BCUT2D eigenvalue weighted by Gasteiger charge is -2.33. The molecule has 0 bridgehead atoms. The van der Waals surface area contributed by atoms with Gasteiger partial charge in [-0.25, -0.2) is 0 Å². The molecule has 0 spiro atoms. The van der Waals surface area contributed by atoms with Gasteiger partial charge in [-0.3, -0.25) is 9.89 Å². The van der Waals surface area contributed by atoms with Crippen LogP contribution in [-0.2, 0) is 11.2 Å². The number of rotatable bonds is 6. The molecule has 1 fully saturated rings. The zero-order chi connectivity index (χ0) is 19.2. The first-order chi connectivity index (χ1) is 13.8. The van der Waals surface area contributed by atoms with Crippen LogP contribution in [0.25, 0.3) is 11.1 Å². The second-order valence-electron chi connectivity index (χ2n) is 7.19. The molecule has 1 unspecified atom stereocenters. The number of H-pyrrole nitrogens is 1. The molecule has 5 nitrogen and oxygen atoms in total. The van der Waals surface area contributed by atoms with E-state index in [-0.39, 0.29) is 12.0 Å². The molecule has 1 saturated heterocycles. The molecule has 0 saturated carbocycles. The molecule has 0 radical (unpaired) electrons. The van der Waals surface area contributed by atoms with E-state index in [1.54, 1.807) is 6.20 Å². The van der Waals surface area contributed by atoms with Gasteiger partial charge in [0, 0.05) is 30.4 Å². The standard InChI is InChI=1S/C23H25N3O2/c27-23(20-10-5-9-19(14-20)21-15-24-25-16-21)26-12-13-28-22(17-26)11-4-8-18-6-2-1-3-7-18/h1-3,5-7,9-10,14-16,22H,4,8,11-13,17H2,(H,24,25). The van der Waals surface area contributed by atoms with Crippen molar-refractivity contribution in [1.29, 1.82) is 0 Å². The zero-order valence-corrected chi connectivity index (χ0v) is 15.9. The molecule has 2 heterocycles. The molecular formula is C23H25N3O2. The fourth-order valence-electron chi connectivity index (χ4n) is 3.68. The Morgan fingerprint density at radius 3 is 2.86 bits per heavy atom. The topological polar surface area (TPSA) is 58.2 Å². The summed E-state index contributed by atoms with van der Waals surface area (Å²) < 4.78 is 5.91. The van der Waals surface area contributed by atoms with E-state index in [0.29, 0.717) is 25.3 Å². The van der Waals surface area contributed by atoms with E-state index in [4.69, 9.17) is 4.74 Å². The first-order valence-electron chi connectivity index (χ1n) is 9.83. The van der Waals surface area contributed by atoms with Gasteiger partial charge >= 0.3 is 0 Å². The van der Waals surface area contributed by atoms with Gasteiger partial charge in [0.2, 0.25) is 0 Å². The summed E-state index contributed by atoms with van der Waals surface area (Å²) in [6.45, 7) is 1.90. The summed E-state index contributed by atoms with van der Waals surface area (Å²) in [5, 5.41) is 6.80. The smallest absolute Gasteiger partial charge is 0.254 e. The van der Waals surface area contributed by atoms with Gasteiger partial charge in [-0.15, -0.1) is 0 Å². The highest BCUT2D eigenvalue weighted by Crippen LogP contribution is 2.21. The van der Waals surface area contributed by atoms with Crippen LogP contribution in [-0.4, -0.2) is 46.8 Å². The van der Waals surface area contributed by atoms with Crippen LogP contribution in [0, 0.1) is 0 Å². The van der Waals surface area contributed by atoms with E-state index in [1.807, 2.05) is 41.4 Å². The monoisotopic (exact) mass is 375 g/mol. The molecule has 1 aliphatic rings. The lowest BCUT2D eigenvalue weighted by molar-refractivity contribution is -0.0255. The first-order valence-corrected chi connectivity index (χ1v) is 9.83. The minimum absolute atomic E-state index is 0.0710. The Kier molecular flexibility index (Phi) is 5.83. The average Bonchev–Trinajstić information content (AvgIpc) is 3.29. The third-order valence-corrected chi connectivity index (χ3v) is 5.20. The Morgan fingerprint density at radius 1 is 1.14 bits per heavy atom. The van der Waals surface area contributed by atoms with Gasteiger partial charge in [0.05, 0.1) is 18.9 Å². The van der Waals surface area contributed by atoms with Crippen molar-refractivity contribution in [2.24, 2.45) is 0 Å². The molecule has 1 N–H and O–H groups in total. The molecule has 0 aliphatic carbocycles. The second-order valence-corrected chi connectivity index (χ2v) is 7.19. The predicted octanol–water partition coefficient (Wildman–Crippen LogP) is 3.94. The zero-order valence-electron chi connectivity index (χ0n) is 15.9. The van der Waals surface area contributed by atoms with Crippen LogP contribution in [0.4, 0.5) is 0 Å². The SMILES string of the molecule is O=C(c1cccc(-c2cn[nH]c2)c1)N1CCOC(CCCc2ccccc2)C1. The minimum atomic E-state index is 0.0710. The molecule has 2 aromatic carbocycles. The van der Waals surface area contributed by atoms with Gasteiger partial charge in [-0.05, 0) is 42.5 Å². The normalized spacial score (nSPS) is 16.9. The van der Waals surface area contributed by atoms with Gasteiger partial charge in [0.15, 0.2) is 0 Å². The van der Waals surface area contributed by atoms with Crippen molar-refractivity contribution in [2.45, 2.75) is 25.4 Å². The Bertz CT molecular complexity index is 893. The molecule has 1 amide bonds. The van der Waals surface area contributed by atoms with Crippen LogP contribution in [0.1, 0.15) is 28.8 Å². The highest BCUT2D eigenvalue weighted by Gasteiger charge is 2.25. The van der Waals surface area contributed by atoms with Crippen LogP contribution >= 0.6 is 0 Å². The number of nitrogens with one attached hydrogen (secondary N) is 1. The average molecular weight is 375 g/mol. The third-order valence-electron chi connectivity index (χ3n) is 5.20. The molecule has 5 heteroatoms. The fourth-order valence-corrected chi connectivity index (χ4v) is 3.68. The Labute approximate surface area is 165 Å². The summed E-state index contributed by atoms with van der Waals surface area (Å²) in [7, 11) is 0. The fraction of sp³-hybridized carbons (Fsp3) is 0.304. The first kappa shape index (κ1) is 18.4. The lowest BCUT2D eigenvalue weighted by Crippen LogP contribution is -2.45. The maximum Gasteiger partial charge on any atom is 0.254 e. The number of morpholine rings is 1. The summed E-state index contributed by atoms with van der Waals surface area (Å²) in [6.07, 6.45) is 6.78. The summed E-state index contributed by atoms with van der Waals surface area (Å²) in [4.78, 5) is 14.9. The van der Waals surface area contributed by atoms with E-state index >= 15 is 0 Å². The van der Waals surface area contributed by atoms with Crippen LogP contribution in [0.5, 0.6) is 0 Å². The second kappa shape index (κ2) is 8.85. The Morgan fingerprint density at radius 2 is 2.04 bits per heavy atom. The minimum Gasteiger partial charge on any atom is -0.375 e.